The highest BCUT2D eigenvalue weighted by atomic mass is 35.5. The Balaban J connectivity index is 1.58. The first-order valence-electron chi connectivity index (χ1n) is 9.35. The maximum absolute atomic E-state index is 12.7. The second kappa shape index (κ2) is 10.0. The fraction of sp³-hybridized carbons (Fsp3) is 0.273. The van der Waals surface area contributed by atoms with Gasteiger partial charge >= 0.3 is 6.61 Å². The molecule has 0 unspecified atom stereocenters. The lowest BCUT2D eigenvalue weighted by Gasteiger charge is -2.30. The maximum Gasteiger partial charge on any atom is 0.387 e. The van der Waals surface area contributed by atoms with Crippen LogP contribution in [0.25, 0.3) is 6.08 Å². The van der Waals surface area contributed by atoms with Crippen molar-refractivity contribution in [3.05, 3.63) is 69.7 Å². The lowest BCUT2D eigenvalue weighted by Crippen LogP contribution is -2.39. The molecule has 0 aromatic heterocycles. The largest absolute Gasteiger partial charge is 0.434 e. The van der Waals surface area contributed by atoms with E-state index in [1.807, 2.05) is 0 Å². The molecule has 0 atom stereocenters. The highest BCUT2D eigenvalue weighted by Crippen LogP contribution is 2.27. The molecule has 0 saturated carbocycles. The summed E-state index contributed by atoms with van der Waals surface area (Å²) in [5.74, 6) is -0.463. The van der Waals surface area contributed by atoms with Gasteiger partial charge < -0.3 is 9.64 Å². The van der Waals surface area contributed by atoms with Crippen molar-refractivity contribution in [2.75, 3.05) is 13.1 Å². The minimum absolute atomic E-state index is 0.00230. The Hall–Kier alpha value is -2.44. The molecule has 30 heavy (non-hydrogen) atoms. The first-order valence-corrected chi connectivity index (χ1v) is 10.1. The standard InChI is InChI=1S/C22H19Cl2F2NO3/c23-17-7-5-16(13-18(17)24)21(29)15-9-11-27(12-10-15)20(28)8-6-14-3-1-2-4-19(14)30-22(25)26/h1-8,13,15,22H,9-12H2. The Kier molecular flexibility index (Phi) is 7.45. The highest BCUT2D eigenvalue weighted by molar-refractivity contribution is 6.42. The van der Waals surface area contributed by atoms with Crippen LogP contribution in [0.2, 0.25) is 10.0 Å². The van der Waals surface area contributed by atoms with Crippen LogP contribution >= 0.6 is 23.2 Å². The number of alkyl halides is 2. The van der Waals surface area contributed by atoms with Gasteiger partial charge in [-0.15, -0.1) is 0 Å². The third-order valence-electron chi connectivity index (χ3n) is 4.92. The minimum atomic E-state index is -2.94. The number of benzene rings is 2. The number of hydrogen-bond donors (Lipinski definition) is 0. The van der Waals surface area contributed by atoms with E-state index >= 15 is 0 Å². The number of rotatable bonds is 6. The first kappa shape index (κ1) is 22.2. The van der Waals surface area contributed by atoms with Crippen molar-refractivity contribution in [1.82, 2.24) is 4.90 Å². The SMILES string of the molecule is O=C(c1ccc(Cl)c(Cl)c1)C1CCN(C(=O)C=Cc2ccccc2OC(F)F)CC1. The fourth-order valence-electron chi connectivity index (χ4n) is 3.34. The molecule has 1 amide bonds. The lowest BCUT2D eigenvalue weighted by atomic mass is 9.89. The summed E-state index contributed by atoms with van der Waals surface area (Å²) in [6.07, 6.45) is 3.84. The number of hydrogen-bond acceptors (Lipinski definition) is 3. The second-order valence-electron chi connectivity index (χ2n) is 6.84. The molecular weight excluding hydrogens is 435 g/mol. The van der Waals surface area contributed by atoms with Crippen molar-refractivity contribution in [2.24, 2.45) is 5.92 Å². The van der Waals surface area contributed by atoms with Gasteiger partial charge in [-0.2, -0.15) is 8.78 Å². The molecule has 1 saturated heterocycles. The third-order valence-corrected chi connectivity index (χ3v) is 5.66. The Morgan fingerprint density at radius 3 is 2.43 bits per heavy atom. The van der Waals surface area contributed by atoms with Crippen LogP contribution in [0.1, 0.15) is 28.8 Å². The number of halogens is 4. The van der Waals surface area contributed by atoms with Gasteiger partial charge in [0, 0.05) is 36.2 Å². The number of amides is 1. The number of Topliss-reactive ketones (excluding diaryl/α,β-unsaturated/α-hetero) is 1. The average molecular weight is 454 g/mol. The van der Waals surface area contributed by atoms with Crippen LogP contribution in [0.3, 0.4) is 0 Å². The van der Waals surface area contributed by atoms with Gasteiger partial charge in [-0.1, -0.05) is 41.4 Å². The van der Waals surface area contributed by atoms with E-state index in [1.54, 1.807) is 41.3 Å². The lowest BCUT2D eigenvalue weighted by molar-refractivity contribution is -0.127. The number of para-hydroxylation sites is 1. The molecule has 2 aromatic rings. The van der Waals surface area contributed by atoms with Crippen LogP contribution in [-0.4, -0.2) is 36.3 Å². The third kappa shape index (κ3) is 5.58. The van der Waals surface area contributed by atoms with Gasteiger partial charge in [-0.05, 0) is 43.2 Å². The first-order chi connectivity index (χ1) is 14.3. The van der Waals surface area contributed by atoms with E-state index in [2.05, 4.69) is 4.74 Å². The molecule has 158 valence electrons. The van der Waals surface area contributed by atoms with Gasteiger partial charge in [-0.25, -0.2) is 0 Å². The van der Waals surface area contributed by atoms with Gasteiger partial charge in [0.1, 0.15) is 5.75 Å². The molecule has 0 bridgehead atoms. The van der Waals surface area contributed by atoms with Crippen molar-refractivity contribution in [1.29, 1.82) is 0 Å². The molecule has 0 spiro atoms. The molecule has 1 aliphatic heterocycles. The summed E-state index contributed by atoms with van der Waals surface area (Å²) >= 11 is 11.9. The topological polar surface area (TPSA) is 46.6 Å². The Morgan fingerprint density at radius 1 is 1.07 bits per heavy atom. The summed E-state index contributed by atoms with van der Waals surface area (Å²) in [6.45, 7) is -2.09. The summed E-state index contributed by atoms with van der Waals surface area (Å²) in [5, 5.41) is 0.720. The van der Waals surface area contributed by atoms with Crippen molar-refractivity contribution >= 4 is 41.0 Å². The smallest absolute Gasteiger partial charge is 0.387 e. The van der Waals surface area contributed by atoms with Gasteiger partial charge in [-0.3, -0.25) is 9.59 Å². The number of carbonyl (C=O) groups is 2. The van der Waals surface area contributed by atoms with Crippen LogP contribution in [0.4, 0.5) is 8.78 Å². The minimum Gasteiger partial charge on any atom is -0.434 e. The van der Waals surface area contributed by atoms with Crippen LogP contribution in [0.5, 0.6) is 5.75 Å². The van der Waals surface area contributed by atoms with Crippen molar-refractivity contribution in [2.45, 2.75) is 19.5 Å². The zero-order chi connectivity index (χ0) is 21.7. The Labute approximate surface area is 183 Å². The summed E-state index contributed by atoms with van der Waals surface area (Å²) in [4.78, 5) is 26.8. The Bertz CT molecular complexity index is 957. The van der Waals surface area contributed by atoms with E-state index in [4.69, 9.17) is 23.2 Å². The van der Waals surface area contributed by atoms with E-state index in [1.165, 1.54) is 18.2 Å². The summed E-state index contributed by atoms with van der Waals surface area (Å²) in [7, 11) is 0. The monoisotopic (exact) mass is 453 g/mol. The number of piperidine rings is 1. The second-order valence-corrected chi connectivity index (χ2v) is 7.66. The predicted molar refractivity (Wildman–Crippen MR) is 112 cm³/mol. The Morgan fingerprint density at radius 2 is 1.77 bits per heavy atom. The zero-order valence-corrected chi connectivity index (χ0v) is 17.4. The molecule has 2 aromatic carbocycles. The molecule has 8 heteroatoms. The molecule has 1 heterocycles. The number of ketones is 1. The van der Waals surface area contributed by atoms with Crippen LogP contribution < -0.4 is 4.74 Å². The number of carbonyl (C=O) groups excluding carboxylic acids is 2. The van der Waals surface area contributed by atoms with E-state index in [0.29, 0.717) is 47.1 Å². The molecule has 3 rings (SSSR count). The maximum atomic E-state index is 12.7. The number of ether oxygens (including phenoxy) is 1. The molecule has 0 aliphatic carbocycles. The molecule has 0 N–H and O–H groups in total. The van der Waals surface area contributed by atoms with Crippen LogP contribution in [0, 0.1) is 5.92 Å². The predicted octanol–water partition coefficient (Wildman–Crippen LogP) is 5.73. The van der Waals surface area contributed by atoms with Crippen LogP contribution in [0.15, 0.2) is 48.5 Å². The molecular formula is C22H19Cl2F2NO3. The quantitative estimate of drug-likeness (QED) is 0.414. The van der Waals surface area contributed by atoms with Crippen molar-refractivity contribution in [3.63, 3.8) is 0 Å². The highest BCUT2D eigenvalue weighted by Gasteiger charge is 2.27. The normalized spacial score (nSPS) is 15.0. The average Bonchev–Trinajstić information content (AvgIpc) is 2.74. The van der Waals surface area contributed by atoms with Crippen LogP contribution in [-0.2, 0) is 4.79 Å². The summed E-state index contributed by atoms with van der Waals surface area (Å²) < 4.78 is 29.4. The van der Waals surface area contributed by atoms with Gasteiger partial charge in [0.05, 0.1) is 10.0 Å². The number of likely N-dealkylation sites (tertiary alicyclic amines) is 1. The summed E-state index contributed by atoms with van der Waals surface area (Å²) in [6, 6.07) is 11.0. The van der Waals surface area contributed by atoms with Gasteiger partial charge in [0.2, 0.25) is 5.91 Å². The van der Waals surface area contributed by atoms with Gasteiger partial charge in [0.25, 0.3) is 0 Å². The zero-order valence-electron chi connectivity index (χ0n) is 15.9. The molecule has 4 nitrogen and oxygen atoms in total. The van der Waals surface area contributed by atoms with E-state index in [9.17, 15) is 18.4 Å². The van der Waals surface area contributed by atoms with E-state index in [0.717, 1.165) is 0 Å². The molecule has 1 aliphatic rings. The van der Waals surface area contributed by atoms with E-state index < -0.39 is 6.61 Å². The van der Waals surface area contributed by atoms with Gasteiger partial charge in [0.15, 0.2) is 5.78 Å². The van der Waals surface area contributed by atoms with Crippen molar-refractivity contribution < 1.29 is 23.1 Å². The molecule has 0 radical (unpaired) electrons. The number of nitrogens with zero attached hydrogens (tertiary/aromatic N) is 1. The fourth-order valence-corrected chi connectivity index (χ4v) is 3.63. The van der Waals surface area contributed by atoms with E-state index in [-0.39, 0.29) is 23.4 Å². The summed E-state index contributed by atoms with van der Waals surface area (Å²) in [5.41, 5.74) is 0.889. The van der Waals surface area contributed by atoms with Crippen molar-refractivity contribution in [3.8, 4) is 5.75 Å². The molecule has 1 fully saturated rings.